The van der Waals surface area contributed by atoms with Crippen molar-refractivity contribution in [3.8, 4) is 0 Å². The minimum atomic E-state index is -1.07. The van der Waals surface area contributed by atoms with E-state index < -0.39 is 5.54 Å². The van der Waals surface area contributed by atoms with E-state index in [0.29, 0.717) is 26.1 Å². The molecule has 0 saturated carbocycles. The van der Waals surface area contributed by atoms with Gasteiger partial charge in [0.2, 0.25) is 0 Å². The predicted octanol–water partition coefficient (Wildman–Crippen LogP) is 1.03. The molecule has 2 saturated heterocycles. The molecule has 8 heteroatoms. The summed E-state index contributed by atoms with van der Waals surface area (Å²) in [5, 5.41) is 2.84. The van der Waals surface area contributed by atoms with Crippen LogP contribution in [0.1, 0.15) is 32.3 Å². The maximum atomic E-state index is 13.0. The molecule has 0 bridgehead atoms. The van der Waals surface area contributed by atoms with Gasteiger partial charge in [0.25, 0.3) is 5.91 Å². The summed E-state index contributed by atoms with van der Waals surface area (Å²) >= 11 is 3.41. The molecule has 1 atom stereocenters. The Hall–Kier alpha value is -1.93. The van der Waals surface area contributed by atoms with E-state index in [-0.39, 0.29) is 23.8 Å². The number of hydrogen-bond acceptors (Lipinski definition) is 4. The Kier molecular flexibility index (Phi) is 5.86. The Morgan fingerprint density at radius 3 is 2.70 bits per heavy atom. The van der Waals surface area contributed by atoms with Crippen LogP contribution in [0.15, 0.2) is 28.7 Å². The number of nitrogens with one attached hydrogen (secondary N) is 2. The Balaban J connectivity index is 1.64. The molecule has 2 aliphatic heterocycles. The summed E-state index contributed by atoms with van der Waals surface area (Å²) < 4.78 is 5.94. The standard InChI is InChI=1S/C19H24BrN3O4/c1-3-27-16(24)13-7-9-22(10-8-13)12-23-17(25)19(2,21-18(23)26)14-5-4-6-15(20)11-14/h4-6,11,13H,3,7-10,12H2,1-2H3,(H,21,26)/p+1/t19-/m1/s1. The third kappa shape index (κ3) is 4.01. The number of amides is 3. The van der Waals surface area contributed by atoms with Crippen LogP contribution in [0, 0.1) is 5.92 Å². The summed E-state index contributed by atoms with van der Waals surface area (Å²) in [6.45, 7) is 5.70. The van der Waals surface area contributed by atoms with Crippen molar-refractivity contribution in [1.82, 2.24) is 10.2 Å². The van der Waals surface area contributed by atoms with Gasteiger partial charge in [-0.2, -0.15) is 0 Å². The van der Waals surface area contributed by atoms with Gasteiger partial charge in [0, 0.05) is 17.3 Å². The maximum absolute atomic E-state index is 13.0. The lowest BCUT2D eigenvalue weighted by Gasteiger charge is -2.30. The molecule has 0 aliphatic carbocycles. The second-order valence-corrected chi connectivity index (χ2v) is 8.15. The van der Waals surface area contributed by atoms with Gasteiger partial charge in [-0.3, -0.25) is 9.59 Å². The van der Waals surface area contributed by atoms with Gasteiger partial charge >= 0.3 is 12.0 Å². The highest BCUT2D eigenvalue weighted by atomic mass is 79.9. The summed E-state index contributed by atoms with van der Waals surface area (Å²) in [5.74, 6) is -0.469. The van der Waals surface area contributed by atoms with Crippen molar-refractivity contribution >= 4 is 33.8 Å². The van der Waals surface area contributed by atoms with Crippen LogP contribution >= 0.6 is 15.9 Å². The van der Waals surface area contributed by atoms with Gasteiger partial charge in [0.05, 0.1) is 25.6 Å². The lowest BCUT2D eigenvalue weighted by atomic mass is 9.92. The number of esters is 1. The van der Waals surface area contributed by atoms with Crippen molar-refractivity contribution in [2.24, 2.45) is 5.92 Å². The molecule has 0 radical (unpaired) electrons. The first-order valence-electron chi connectivity index (χ1n) is 9.25. The highest BCUT2D eigenvalue weighted by Gasteiger charge is 2.50. The number of carbonyl (C=O) groups excluding carboxylic acids is 3. The van der Waals surface area contributed by atoms with Gasteiger partial charge < -0.3 is 15.0 Å². The third-order valence-electron chi connectivity index (χ3n) is 5.37. The number of benzene rings is 1. The van der Waals surface area contributed by atoms with E-state index in [1.165, 1.54) is 4.90 Å². The zero-order valence-electron chi connectivity index (χ0n) is 15.6. The summed E-state index contributed by atoms with van der Waals surface area (Å²) in [7, 11) is 0. The van der Waals surface area contributed by atoms with Crippen LogP contribution in [0.2, 0.25) is 0 Å². The topological polar surface area (TPSA) is 80.2 Å². The Bertz CT molecular complexity index is 748. The van der Waals surface area contributed by atoms with Crippen LogP contribution in [0.25, 0.3) is 0 Å². The second-order valence-electron chi connectivity index (χ2n) is 7.23. The van der Waals surface area contributed by atoms with Gasteiger partial charge in [-0.1, -0.05) is 28.1 Å². The molecule has 27 heavy (non-hydrogen) atoms. The highest BCUT2D eigenvalue weighted by molar-refractivity contribution is 9.10. The SMILES string of the molecule is CCOC(=O)C1CC[NH+](CN2C(=O)N[C@](C)(c3cccc(Br)c3)C2=O)CC1. The summed E-state index contributed by atoms with van der Waals surface area (Å²) in [5.41, 5.74) is -0.322. The van der Waals surface area contributed by atoms with Crippen LogP contribution in [0.3, 0.4) is 0 Å². The van der Waals surface area contributed by atoms with Crippen LogP contribution in [0.5, 0.6) is 0 Å². The number of hydrogen-bond donors (Lipinski definition) is 2. The number of carbonyl (C=O) groups is 3. The number of likely N-dealkylation sites (tertiary alicyclic amines) is 1. The average Bonchev–Trinajstić information content (AvgIpc) is 2.87. The first kappa shape index (κ1) is 19.8. The number of urea groups is 1. The van der Waals surface area contributed by atoms with E-state index in [2.05, 4.69) is 21.2 Å². The van der Waals surface area contributed by atoms with E-state index in [4.69, 9.17) is 4.74 Å². The molecule has 2 heterocycles. The largest absolute Gasteiger partial charge is 0.466 e. The molecule has 2 aliphatic rings. The van der Waals surface area contributed by atoms with Crippen LogP contribution in [-0.2, 0) is 19.9 Å². The number of piperidine rings is 1. The first-order chi connectivity index (χ1) is 12.8. The van der Waals surface area contributed by atoms with Crippen molar-refractivity contribution in [3.63, 3.8) is 0 Å². The van der Waals surface area contributed by atoms with Crippen molar-refractivity contribution in [2.45, 2.75) is 32.2 Å². The van der Waals surface area contributed by atoms with Crippen molar-refractivity contribution < 1.29 is 24.0 Å². The molecule has 7 nitrogen and oxygen atoms in total. The molecule has 1 aromatic rings. The van der Waals surface area contributed by atoms with E-state index in [0.717, 1.165) is 28.0 Å². The fourth-order valence-electron chi connectivity index (χ4n) is 3.74. The minimum Gasteiger partial charge on any atom is -0.466 e. The molecule has 2 fully saturated rings. The Morgan fingerprint density at radius 1 is 1.37 bits per heavy atom. The fourth-order valence-corrected chi connectivity index (χ4v) is 4.14. The maximum Gasteiger partial charge on any atom is 0.329 e. The number of ether oxygens (including phenoxy) is 1. The smallest absolute Gasteiger partial charge is 0.329 e. The summed E-state index contributed by atoms with van der Waals surface area (Å²) in [6.07, 6.45) is 1.42. The third-order valence-corrected chi connectivity index (χ3v) is 5.86. The fraction of sp³-hybridized carbons (Fsp3) is 0.526. The predicted molar refractivity (Wildman–Crippen MR) is 102 cm³/mol. The molecule has 0 aromatic heterocycles. The van der Waals surface area contributed by atoms with Gasteiger partial charge in [-0.25, -0.2) is 9.69 Å². The molecular weight excluding hydrogens is 414 g/mol. The normalized spacial score (nSPS) is 28.2. The van der Waals surface area contributed by atoms with E-state index >= 15 is 0 Å². The van der Waals surface area contributed by atoms with Gasteiger partial charge in [0.1, 0.15) is 5.54 Å². The minimum absolute atomic E-state index is 0.0799. The number of halogens is 1. The lowest BCUT2D eigenvalue weighted by Crippen LogP contribution is -3.14. The van der Waals surface area contributed by atoms with Gasteiger partial charge in [-0.15, -0.1) is 0 Å². The van der Waals surface area contributed by atoms with Crippen LogP contribution in [0.4, 0.5) is 4.79 Å². The quantitative estimate of drug-likeness (QED) is 0.531. The number of rotatable bonds is 5. The first-order valence-corrected chi connectivity index (χ1v) is 10.0. The summed E-state index contributed by atoms with van der Waals surface area (Å²) in [4.78, 5) is 39.8. The monoisotopic (exact) mass is 438 g/mol. The van der Waals surface area contributed by atoms with E-state index in [9.17, 15) is 14.4 Å². The second kappa shape index (κ2) is 7.98. The number of nitrogens with zero attached hydrogens (tertiary/aromatic N) is 1. The molecule has 2 N–H and O–H groups in total. The van der Waals surface area contributed by atoms with Crippen molar-refractivity contribution in [2.75, 3.05) is 26.4 Å². The van der Waals surface area contributed by atoms with Crippen molar-refractivity contribution in [3.05, 3.63) is 34.3 Å². The van der Waals surface area contributed by atoms with E-state index in [1.807, 2.05) is 24.3 Å². The molecule has 3 rings (SSSR count). The van der Waals surface area contributed by atoms with Gasteiger partial charge in [-0.05, 0) is 31.5 Å². The number of imide groups is 1. The van der Waals surface area contributed by atoms with E-state index in [1.54, 1.807) is 13.8 Å². The molecule has 1 aromatic carbocycles. The lowest BCUT2D eigenvalue weighted by molar-refractivity contribution is -0.913. The molecule has 3 amide bonds. The summed E-state index contributed by atoms with van der Waals surface area (Å²) in [6, 6.07) is 7.04. The van der Waals surface area contributed by atoms with Crippen LogP contribution < -0.4 is 10.2 Å². The molecule has 0 spiro atoms. The molecule has 146 valence electrons. The Morgan fingerprint density at radius 2 is 2.07 bits per heavy atom. The van der Waals surface area contributed by atoms with Crippen molar-refractivity contribution in [1.29, 1.82) is 0 Å². The number of quaternary nitrogens is 1. The zero-order chi connectivity index (χ0) is 19.6. The average molecular weight is 439 g/mol. The highest BCUT2D eigenvalue weighted by Crippen LogP contribution is 2.30. The zero-order valence-corrected chi connectivity index (χ0v) is 17.2. The molecular formula is C19H25BrN3O4+. The van der Waals surface area contributed by atoms with Crippen LogP contribution in [-0.4, -0.2) is 49.2 Å². The van der Waals surface area contributed by atoms with Gasteiger partial charge in [0.15, 0.2) is 6.67 Å². The Labute approximate surface area is 167 Å². The molecule has 0 unspecified atom stereocenters.